The van der Waals surface area contributed by atoms with Crippen molar-refractivity contribution in [3.63, 3.8) is 0 Å². The van der Waals surface area contributed by atoms with Crippen LogP contribution in [0.2, 0.25) is 0 Å². The number of fused-ring (bicyclic) bond motifs is 1. The summed E-state index contributed by atoms with van der Waals surface area (Å²) in [5.41, 5.74) is 2.00. The molecule has 2 rings (SSSR count). The average molecular weight is 294 g/mol. The van der Waals surface area contributed by atoms with Crippen molar-refractivity contribution in [1.29, 1.82) is 0 Å². The second-order valence-electron chi connectivity index (χ2n) is 5.76. The molecule has 0 aromatic heterocycles. The van der Waals surface area contributed by atoms with Gasteiger partial charge in [-0.3, -0.25) is 0 Å². The molecule has 1 aromatic rings. The molecule has 21 heavy (non-hydrogen) atoms. The van der Waals surface area contributed by atoms with Gasteiger partial charge in [0.05, 0.1) is 6.04 Å². The van der Waals surface area contributed by atoms with Crippen LogP contribution < -0.4 is 10.6 Å². The molecule has 0 aliphatic heterocycles. The van der Waals surface area contributed by atoms with Crippen LogP contribution in [-0.4, -0.2) is 24.3 Å². The lowest BCUT2D eigenvalue weighted by atomic mass is 9.87. The molecular formula is C16H23FN2O2. The molecule has 1 aromatic carbocycles. The Labute approximate surface area is 124 Å². The van der Waals surface area contributed by atoms with Crippen molar-refractivity contribution in [2.45, 2.75) is 38.6 Å². The molecule has 3 N–H and O–H groups in total. The Hall–Kier alpha value is -1.62. The van der Waals surface area contributed by atoms with Crippen molar-refractivity contribution in [3.05, 3.63) is 35.1 Å². The van der Waals surface area contributed by atoms with Crippen LogP contribution >= 0.6 is 0 Å². The van der Waals surface area contributed by atoms with Gasteiger partial charge in [0.15, 0.2) is 0 Å². The van der Waals surface area contributed by atoms with Crippen LogP contribution in [0, 0.1) is 11.7 Å². The van der Waals surface area contributed by atoms with Gasteiger partial charge < -0.3 is 15.7 Å². The molecule has 5 heteroatoms. The highest BCUT2D eigenvalue weighted by Gasteiger charge is 2.22. The van der Waals surface area contributed by atoms with Gasteiger partial charge in [0.2, 0.25) is 0 Å². The highest BCUT2D eigenvalue weighted by atomic mass is 19.1. The Morgan fingerprint density at radius 3 is 3.10 bits per heavy atom. The van der Waals surface area contributed by atoms with Crippen LogP contribution in [0.15, 0.2) is 18.2 Å². The van der Waals surface area contributed by atoms with E-state index in [-0.39, 0.29) is 30.4 Å². The summed E-state index contributed by atoms with van der Waals surface area (Å²) in [6, 6.07) is 4.44. The lowest BCUT2D eigenvalue weighted by Gasteiger charge is -2.26. The number of halogens is 1. The van der Waals surface area contributed by atoms with E-state index in [1.54, 1.807) is 6.07 Å². The Morgan fingerprint density at radius 1 is 1.52 bits per heavy atom. The summed E-state index contributed by atoms with van der Waals surface area (Å²) in [5, 5.41) is 14.6. The monoisotopic (exact) mass is 294 g/mol. The molecule has 0 bridgehead atoms. The number of amides is 2. The van der Waals surface area contributed by atoms with Gasteiger partial charge in [0, 0.05) is 13.2 Å². The molecule has 0 heterocycles. The second kappa shape index (κ2) is 7.41. The standard InChI is InChI=1S/C16H23FN2O2/c1-11(7-8-20)10-18-16(21)19-15-4-2-3-12-5-6-13(17)9-14(12)15/h5-6,9,11,15,20H,2-4,7-8,10H2,1H3,(H2,18,19,21). The van der Waals surface area contributed by atoms with Crippen molar-refractivity contribution in [2.24, 2.45) is 5.92 Å². The maximum Gasteiger partial charge on any atom is 0.315 e. The number of hydrogen-bond acceptors (Lipinski definition) is 2. The number of benzene rings is 1. The first-order chi connectivity index (χ1) is 10.1. The van der Waals surface area contributed by atoms with Crippen LogP contribution in [0.25, 0.3) is 0 Å². The van der Waals surface area contributed by atoms with E-state index in [9.17, 15) is 9.18 Å². The topological polar surface area (TPSA) is 61.4 Å². The number of hydrogen-bond donors (Lipinski definition) is 3. The van der Waals surface area contributed by atoms with E-state index in [0.29, 0.717) is 13.0 Å². The van der Waals surface area contributed by atoms with Crippen molar-refractivity contribution >= 4 is 6.03 Å². The lowest BCUT2D eigenvalue weighted by molar-refractivity contribution is 0.229. The second-order valence-corrected chi connectivity index (χ2v) is 5.76. The highest BCUT2D eigenvalue weighted by molar-refractivity contribution is 5.74. The zero-order valence-corrected chi connectivity index (χ0v) is 12.4. The van der Waals surface area contributed by atoms with Crippen LogP contribution in [0.1, 0.15) is 43.4 Å². The van der Waals surface area contributed by atoms with E-state index in [4.69, 9.17) is 5.11 Å². The predicted molar refractivity (Wildman–Crippen MR) is 79.5 cm³/mol. The van der Waals surface area contributed by atoms with Crippen molar-refractivity contribution in [1.82, 2.24) is 10.6 Å². The summed E-state index contributed by atoms with van der Waals surface area (Å²) in [4.78, 5) is 11.9. The third-order valence-corrected chi connectivity index (χ3v) is 3.96. The summed E-state index contributed by atoms with van der Waals surface area (Å²) in [6.07, 6.45) is 3.42. The molecule has 1 aliphatic rings. The molecule has 0 saturated heterocycles. The quantitative estimate of drug-likeness (QED) is 0.781. The normalized spacial score (nSPS) is 18.7. The Balaban J connectivity index is 1.92. The third-order valence-electron chi connectivity index (χ3n) is 3.96. The first-order valence-corrected chi connectivity index (χ1v) is 7.53. The third kappa shape index (κ3) is 4.43. The molecule has 0 saturated carbocycles. The van der Waals surface area contributed by atoms with Gasteiger partial charge in [-0.15, -0.1) is 0 Å². The minimum atomic E-state index is -0.264. The predicted octanol–water partition coefficient (Wildman–Crippen LogP) is 2.52. The fraction of sp³-hybridized carbons (Fsp3) is 0.562. The van der Waals surface area contributed by atoms with Gasteiger partial charge in [0.1, 0.15) is 5.82 Å². The molecule has 2 unspecified atom stereocenters. The van der Waals surface area contributed by atoms with E-state index in [1.807, 2.05) is 6.92 Å². The minimum absolute atomic E-state index is 0.125. The molecular weight excluding hydrogens is 271 g/mol. The van der Waals surface area contributed by atoms with Crippen molar-refractivity contribution in [2.75, 3.05) is 13.2 Å². The molecule has 116 valence electrons. The van der Waals surface area contributed by atoms with E-state index in [0.717, 1.165) is 30.4 Å². The fourth-order valence-corrected chi connectivity index (χ4v) is 2.72. The SMILES string of the molecule is CC(CCO)CNC(=O)NC1CCCc2ccc(F)cc21. The van der Waals surface area contributed by atoms with Crippen LogP contribution in [0.5, 0.6) is 0 Å². The summed E-state index contributed by atoms with van der Waals surface area (Å²) >= 11 is 0. The zero-order valence-electron chi connectivity index (χ0n) is 12.4. The van der Waals surface area contributed by atoms with Crippen LogP contribution in [-0.2, 0) is 6.42 Å². The molecule has 1 aliphatic carbocycles. The summed E-state index contributed by atoms with van der Waals surface area (Å²) in [6.45, 7) is 2.62. The number of aryl methyl sites for hydroxylation is 1. The minimum Gasteiger partial charge on any atom is -0.396 e. The number of carbonyl (C=O) groups is 1. The van der Waals surface area contributed by atoms with Crippen LogP contribution in [0.4, 0.5) is 9.18 Å². The Bertz CT molecular complexity index is 493. The maximum atomic E-state index is 13.4. The van der Waals surface area contributed by atoms with Gasteiger partial charge >= 0.3 is 6.03 Å². The van der Waals surface area contributed by atoms with E-state index < -0.39 is 0 Å². The number of carbonyl (C=O) groups excluding carboxylic acids is 1. The van der Waals surface area contributed by atoms with Gasteiger partial charge in [0.25, 0.3) is 0 Å². The fourth-order valence-electron chi connectivity index (χ4n) is 2.72. The number of urea groups is 1. The number of aliphatic hydroxyl groups excluding tert-OH is 1. The zero-order chi connectivity index (χ0) is 15.2. The summed E-state index contributed by atoms with van der Waals surface area (Å²) in [5.74, 6) is -0.0312. The molecule has 0 radical (unpaired) electrons. The maximum absolute atomic E-state index is 13.4. The molecule has 2 amide bonds. The number of nitrogens with one attached hydrogen (secondary N) is 2. The first-order valence-electron chi connectivity index (χ1n) is 7.53. The largest absolute Gasteiger partial charge is 0.396 e. The molecule has 4 nitrogen and oxygen atoms in total. The van der Waals surface area contributed by atoms with Crippen molar-refractivity contribution < 1.29 is 14.3 Å². The van der Waals surface area contributed by atoms with E-state index in [1.165, 1.54) is 12.1 Å². The molecule has 0 fully saturated rings. The smallest absolute Gasteiger partial charge is 0.315 e. The van der Waals surface area contributed by atoms with Crippen LogP contribution in [0.3, 0.4) is 0 Å². The Morgan fingerprint density at radius 2 is 2.33 bits per heavy atom. The van der Waals surface area contributed by atoms with E-state index in [2.05, 4.69) is 10.6 Å². The summed E-state index contributed by atoms with van der Waals surface area (Å²) < 4.78 is 13.4. The van der Waals surface area contributed by atoms with Crippen molar-refractivity contribution in [3.8, 4) is 0 Å². The molecule has 2 atom stereocenters. The highest BCUT2D eigenvalue weighted by Crippen LogP contribution is 2.30. The summed E-state index contributed by atoms with van der Waals surface area (Å²) in [7, 11) is 0. The van der Waals surface area contributed by atoms with Gasteiger partial charge in [-0.25, -0.2) is 9.18 Å². The first kappa shape index (κ1) is 15.8. The van der Waals surface area contributed by atoms with E-state index >= 15 is 0 Å². The van der Waals surface area contributed by atoms with Gasteiger partial charge in [-0.2, -0.15) is 0 Å². The Kier molecular flexibility index (Phi) is 5.56. The molecule has 0 spiro atoms. The van der Waals surface area contributed by atoms with Gasteiger partial charge in [-0.05, 0) is 54.9 Å². The average Bonchev–Trinajstić information content (AvgIpc) is 2.46. The lowest BCUT2D eigenvalue weighted by Crippen LogP contribution is -2.40. The number of rotatable bonds is 5. The van der Waals surface area contributed by atoms with Gasteiger partial charge in [-0.1, -0.05) is 13.0 Å². The number of aliphatic hydroxyl groups is 1.